The third kappa shape index (κ3) is 4.38. The fourth-order valence-corrected chi connectivity index (χ4v) is 2.18. The Bertz CT molecular complexity index is 534. The van der Waals surface area contributed by atoms with Crippen LogP contribution >= 0.6 is 34.2 Å². The number of benzene rings is 2. The van der Waals surface area contributed by atoms with Gasteiger partial charge in [0, 0.05) is 15.0 Å². The molecule has 0 bridgehead atoms. The molecule has 20 heavy (non-hydrogen) atoms. The lowest BCUT2D eigenvalue weighted by molar-refractivity contribution is -0.145. The Morgan fingerprint density at radius 1 is 1.15 bits per heavy atom. The van der Waals surface area contributed by atoms with Crippen LogP contribution in [0.4, 0.5) is 0 Å². The summed E-state index contributed by atoms with van der Waals surface area (Å²) < 4.78 is 6.61. The third-order valence-corrected chi connectivity index (χ3v) is 3.67. The molecule has 0 amide bonds. The molecule has 0 radical (unpaired) electrons. The van der Waals surface area contributed by atoms with Crippen molar-refractivity contribution in [3.63, 3.8) is 0 Å². The molecule has 1 N–H and O–H groups in total. The standard InChI is InChI=1S/C15H12ClIO3/c16-11-3-7-13(8-4-11)20-14(15(18)19)9-10-1-5-12(17)6-2-10/h1-8,14H,9H2,(H,18,19). The van der Waals surface area contributed by atoms with Crippen LogP contribution in [0.25, 0.3) is 0 Å². The smallest absolute Gasteiger partial charge is 0.345 e. The molecule has 0 saturated heterocycles. The Balaban J connectivity index is 2.09. The highest BCUT2D eigenvalue weighted by Crippen LogP contribution is 2.18. The van der Waals surface area contributed by atoms with Crippen LogP contribution < -0.4 is 4.74 Å². The molecule has 3 nitrogen and oxygen atoms in total. The van der Waals surface area contributed by atoms with Crippen molar-refractivity contribution in [2.45, 2.75) is 12.5 Å². The first-order valence-electron chi connectivity index (χ1n) is 5.94. The normalized spacial score (nSPS) is 11.9. The predicted octanol–water partition coefficient (Wildman–Crippen LogP) is 4.02. The van der Waals surface area contributed by atoms with E-state index in [1.54, 1.807) is 24.3 Å². The maximum Gasteiger partial charge on any atom is 0.345 e. The van der Waals surface area contributed by atoms with Crippen molar-refractivity contribution >= 4 is 40.2 Å². The van der Waals surface area contributed by atoms with Gasteiger partial charge in [-0.05, 0) is 64.6 Å². The van der Waals surface area contributed by atoms with E-state index in [1.165, 1.54) is 0 Å². The zero-order valence-corrected chi connectivity index (χ0v) is 13.3. The van der Waals surface area contributed by atoms with Gasteiger partial charge in [-0.25, -0.2) is 4.79 Å². The van der Waals surface area contributed by atoms with Crippen molar-refractivity contribution in [2.75, 3.05) is 0 Å². The topological polar surface area (TPSA) is 46.5 Å². The van der Waals surface area contributed by atoms with Crippen molar-refractivity contribution in [1.29, 1.82) is 0 Å². The van der Waals surface area contributed by atoms with Gasteiger partial charge in [-0.15, -0.1) is 0 Å². The number of ether oxygens (including phenoxy) is 1. The number of hydrogen-bond donors (Lipinski definition) is 1. The molecule has 0 aliphatic rings. The van der Waals surface area contributed by atoms with E-state index in [1.807, 2.05) is 24.3 Å². The first-order chi connectivity index (χ1) is 9.54. The SMILES string of the molecule is O=C(O)C(Cc1ccc(I)cc1)Oc1ccc(Cl)cc1. The second-order valence-electron chi connectivity index (χ2n) is 4.23. The first-order valence-corrected chi connectivity index (χ1v) is 7.40. The van der Waals surface area contributed by atoms with E-state index in [0.29, 0.717) is 17.2 Å². The van der Waals surface area contributed by atoms with Crippen molar-refractivity contribution in [1.82, 2.24) is 0 Å². The average molecular weight is 403 g/mol. The predicted molar refractivity (Wildman–Crippen MR) is 86.4 cm³/mol. The largest absolute Gasteiger partial charge is 0.478 e. The van der Waals surface area contributed by atoms with E-state index in [-0.39, 0.29) is 0 Å². The van der Waals surface area contributed by atoms with Crippen LogP contribution in [-0.4, -0.2) is 17.2 Å². The summed E-state index contributed by atoms with van der Waals surface area (Å²) in [7, 11) is 0. The van der Waals surface area contributed by atoms with Crippen LogP contribution in [0.1, 0.15) is 5.56 Å². The zero-order chi connectivity index (χ0) is 14.5. The first kappa shape index (κ1) is 15.1. The second-order valence-corrected chi connectivity index (χ2v) is 5.91. The maximum atomic E-state index is 11.3. The summed E-state index contributed by atoms with van der Waals surface area (Å²) in [5.74, 6) is -0.495. The summed E-state index contributed by atoms with van der Waals surface area (Å²) in [5.41, 5.74) is 0.923. The van der Waals surface area contributed by atoms with E-state index < -0.39 is 12.1 Å². The number of rotatable bonds is 5. The van der Waals surface area contributed by atoms with Crippen molar-refractivity contribution in [3.8, 4) is 5.75 Å². The molecule has 2 aromatic rings. The number of halogens is 2. The third-order valence-electron chi connectivity index (χ3n) is 2.70. The minimum absolute atomic E-state index is 0.314. The minimum atomic E-state index is -0.987. The second kappa shape index (κ2) is 6.95. The Hall–Kier alpha value is -1.27. The number of carboxylic acid groups (broad SMARTS) is 1. The summed E-state index contributed by atoms with van der Waals surface area (Å²) in [6, 6.07) is 14.3. The molecular weight excluding hydrogens is 391 g/mol. The highest BCUT2D eigenvalue weighted by Gasteiger charge is 2.20. The highest BCUT2D eigenvalue weighted by atomic mass is 127. The molecule has 0 aliphatic heterocycles. The average Bonchev–Trinajstić information content (AvgIpc) is 2.42. The van der Waals surface area contributed by atoms with Crippen LogP contribution in [0.3, 0.4) is 0 Å². The van der Waals surface area contributed by atoms with Crippen LogP contribution in [0.15, 0.2) is 48.5 Å². The van der Waals surface area contributed by atoms with Gasteiger partial charge in [-0.3, -0.25) is 0 Å². The Kier molecular flexibility index (Phi) is 5.25. The van der Waals surface area contributed by atoms with Gasteiger partial charge in [0.25, 0.3) is 0 Å². The molecule has 2 aromatic carbocycles. The summed E-state index contributed by atoms with van der Waals surface area (Å²) >= 11 is 7.99. The van der Waals surface area contributed by atoms with Gasteiger partial charge in [0.15, 0.2) is 6.10 Å². The highest BCUT2D eigenvalue weighted by molar-refractivity contribution is 14.1. The van der Waals surface area contributed by atoms with Gasteiger partial charge >= 0.3 is 5.97 Å². The molecule has 0 aromatic heterocycles. The summed E-state index contributed by atoms with van der Waals surface area (Å²) in [6.07, 6.45) is -0.606. The van der Waals surface area contributed by atoms with Crippen LogP contribution in [0.5, 0.6) is 5.75 Å². The molecule has 1 atom stereocenters. The molecule has 1 unspecified atom stereocenters. The number of aliphatic carboxylic acids is 1. The minimum Gasteiger partial charge on any atom is -0.478 e. The fraction of sp³-hybridized carbons (Fsp3) is 0.133. The molecular formula is C15H12ClIO3. The molecule has 104 valence electrons. The molecule has 0 fully saturated rings. The number of carbonyl (C=O) groups is 1. The van der Waals surface area contributed by atoms with Crippen molar-refractivity contribution in [2.24, 2.45) is 0 Å². The summed E-state index contributed by atoms with van der Waals surface area (Å²) in [6.45, 7) is 0. The Morgan fingerprint density at radius 3 is 2.30 bits per heavy atom. The van der Waals surface area contributed by atoms with E-state index in [9.17, 15) is 9.90 Å². The molecule has 5 heteroatoms. The van der Waals surface area contributed by atoms with Crippen molar-refractivity contribution in [3.05, 3.63) is 62.7 Å². The molecule has 0 heterocycles. The van der Waals surface area contributed by atoms with Gasteiger partial charge in [-0.2, -0.15) is 0 Å². The fourth-order valence-electron chi connectivity index (χ4n) is 1.69. The molecule has 0 aliphatic carbocycles. The van der Waals surface area contributed by atoms with Gasteiger partial charge < -0.3 is 9.84 Å². The number of hydrogen-bond acceptors (Lipinski definition) is 2. The lowest BCUT2D eigenvalue weighted by Gasteiger charge is -2.15. The van der Waals surface area contributed by atoms with E-state index in [0.717, 1.165) is 9.13 Å². The Labute approximate surface area is 135 Å². The van der Waals surface area contributed by atoms with Gasteiger partial charge in [0.05, 0.1) is 0 Å². The van der Waals surface area contributed by atoms with Gasteiger partial charge in [-0.1, -0.05) is 23.7 Å². The zero-order valence-electron chi connectivity index (χ0n) is 10.4. The van der Waals surface area contributed by atoms with E-state index in [2.05, 4.69) is 22.6 Å². The number of carboxylic acids is 1. The van der Waals surface area contributed by atoms with Gasteiger partial charge in [0.2, 0.25) is 0 Å². The lowest BCUT2D eigenvalue weighted by Crippen LogP contribution is -2.29. The van der Waals surface area contributed by atoms with Crippen LogP contribution in [0, 0.1) is 3.57 Å². The summed E-state index contributed by atoms with van der Waals surface area (Å²) in [5, 5.41) is 9.84. The summed E-state index contributed by atoms with van der Waals surface area (Å²) in [4.78, 5) is 11.3. The van der Waals surface area contributed by atoms with Crippen molar-refractivity contribution < 1.29 is 14.6 Å². The van der Waals surface area contributed by atoms with Crippen LogP contribution in [-0.2, 0) is 11.2 Å². The maximum absolute atomic E-state index is 11.3. The molecule has 0 spiro atoms. The lowest BCUT2D eigenvalue weighted by atomic mass is 10.1. The van der Waals surface area contributed by atoms with Gasteiger partial charge in [0.1, 0.15) is 5.75 Å². The molecule has 0 saturated carbocycles. The quantitative estimate of drug-likeness (QED) is 0.769. The van der Waals surface area contributed by atoms with E-state index >= 15 is 0 Å². The van der Waals surface area contributed by atoms with Crippen LogP contribution in [0.2, 0.25) is 5.02 Å². The Morgan fingerprint density at radius 2 is 1.75 bits per heavy atom. The molecule has 2 rings (SSSR count). The monoisotopic (exact) mass is 402 g/mol. The van der Waals surface area contributed by atoms with E-state index in [4.69, 9.17) is 16.3 Å².